The third-order valence-electron chi connectivity index (χ3n) is 1.63. The van der Waals surface area contributed by atoms with Crippen molar-refractivity contribution in [3.63, 3.8) is 0 Å². The van der Waals surface area contributed by atoms with Crippen LogP contribution in [0.1, 0.15) is 19.4 Å². The van der Waals surface area contributed by atoms with Gasteiger partial charge in [-0.2, -0.15) is 13.2 Å². The number of para-hydroxylation sites is 1. The number of alkyl halides is 3. The Hall–Kier alpha value is -0.460. The number of benzene rings is 1. The minimum atomic E-state index is -4.37. The molecule has 0 aliphatic rings. The predicted molar refractivity (Wildman–Crippen MR) is 59.9 cm³/mol. The molecule has 0 unspecified atom stereocenters. The number of hydrogen-bond acceptors (Lipinski definition) is 1. The van der Waals surface area contributed by atoms with E-state index in [-0.39, 0.29) is 11.9 Å². The Kier molecular flexibility index (Phi) is 3.86. The summed E-state index contributed by atoms with van der Waals surface area (Å²) in [5.74, 6) is -0.0828. The maximum absolute atomic E-state index is 12.6. The molecule has 0 aliphatic heterocycles. The second-order valence-electron chi connectivity index (χ2n) is 3.28. The second-order valence-corrected chi connectivity index (χ2v) is 4.44. The fourth-order valence-electron chi connectivity index (χ4n) is 1.09. The first-order valence-electron chi connectivity index (χ1n) is 4.34. The van der Waals surface area contributed by atoms with E-state index >= 15 is 0 Å². The molecule has 15 heavy (non-hydrogen) atoms. The maximum atomic E-state index is 12.6. The molecular formula is C10H10F3IO. The van der Waals surface area contributed by atoms with Gasteiger partial charge in [0.2, 0.25) is 0 Å². The highest BCUT2D eigenvalue weighted by atomic mass is 127. The van der Waals surface area contributed by atoms with Crippen LogP contribution in [0.3, 0.4) is 0 Å². The molecule has 0 amide bonds. The van der Waals surface area contributed by atoms with Gasteiger partial charge < -0.3 is 4.74 Å². The molecule has 0 aromatic heterocycles. The van der Waals surface area contributed by atoms with Gasteiger partial charge in [-0.1, -0.05) is 6.07 Å². The molecule has 84 valence electrons. The fraction of sp³-hybridized carbons (Fsp3) is 0.400. The number of rotatable bonds is 2. The molecule has 0 saturated carbocycles. The van der Waals surface area contributed by atoms with Crippen molar-refractivity contribution >= 4 is 22.6 Å². The van der Waals surface area contributed by atoms with Crippen molar-refractivity contribution in [1.82, 2.24) is 0 Å². The van der Waals surface area contributed by atoms with Crippen LogP contribution in [0.15, 0.2) is 18.2 Å². The van der Waals surface area contributed by atoms with Crippen LogP contribution in [0.5, 0.6) is 5.75 Å². The van der Waals surface area contributed by atoms with E-state index in [1.54, 1.807) is 19.9 Å². The summed E-state index contributed by atoms with van der Waals surface area (Å²) in [6, 6.07) is 3.99. The smallest absolute Gasteiger partial charge is 0.420 e. The average Bonchev–Trinajstić information content (AvgIpc) is 2.05. The Labute approximate surface area is 99.8 Å². The Bertz CT molecular complexity index is 347. The van der Waals surface area contributed by atoms with Crippen molar-refractivity contribution in [1.29, 1.82) is 0 Å². The lowest BCUT2D eigenvalue weighted by Gasteiger charge is -2.17. The van der Waals surface area contributed by atoms with Crippen molar-refractivity contribution in [2.75, 3.05) is 0 Å². The van der Waals surface area contributed by atoms with Crippen LogP contribution in [-0.2, 0) is 6.18 Å². The summed E-state index contributed by atoms with van der Waals surface area (Å²) in [6.07, 6.45) is -4.65. The van der Waals surface area contributed by atoms with Crippen molar-refractivity contribution in [3.8, 4) is 5.75 Å². The van der Waals surface area contributed by atoms with Crippen LogP contribution in [0.4, 0.5) is 13.2 Å². The van der Waals surface area contributed by atoms with Crippen LogP contribution >= 0.6 is 22.6 Å². The van der Waals surface area contributed by atoms with Crippen LogP contribution in [0, 0.1) is 3.57 Å². The first-order chi connectivity index (χ1) is 6.82. The predicted octanol–water partition coefficient (Wildman–Crippen LogP) is 4.10. The summed E-state index contributed by atoms with van der Waals surface area (Å²) in [6.45, 7) is 3.40. The molecule has 0 N–H and O–H groups in total. The Morgan fingerprint density at radius 2 is 1.87 bits per heavy atom. The zero-order valence-corrected chi connectivity index (χ0v) is 10.4. The van der Waals surface area contributed by atoms with E-state index in [1.165, 1.54) is 6.07 Å². The summed E-state index contributed by atoms with van der Waals surface area (Å²) >= 11 is 1.83. The van der Waals surface area contributed by atoms with E-state index in [4.69, 9.17) is 4.74 Å². The lowest BCUT2D eigenvalue weighted by molar-refractivity contribution is -0.139. The SMILES string of the molecule is CC(C)Oc1c(I)cccc1C(F)(F)F. The van der Waals surface area contributed by atoms with Gasteiger partial charge in [-0.3, -0.25) is 0 Å². The standard InChI is InChI=1S/C10H10F3IO/c1-6(2)15-9-7(10(11,12)13)4-3-5-8(9)14/h3-6H,1-2H3. The lowest BCUT2D eigenvalue weighted by Crippen LogP contribution is -2.13. The third-order valence-corrected chi connectivity index (χ3v) is 2.48. The molecule has 1 rings (SSSR count). The van der Waals surface area contributed by atoms with Crippen LogP contribution < -0.4 is 4.74 Å². The molecule has 0 bridgehead atoms. The van der Waals surface area contributed by atoms with Gasteiger partial charge in [0, 0.05) is 0 Å². The van der Waals surface area contributed by atoms with Crippen molar-refractivity contribution < 1.29 is 17.9 Å². The highest BCUT2D eigenvalue weighted by Crippen LogP contribution is 2.38. The van der Waals surface area contributed by atoms with Gasteiger partial charge in [-0.25, -0.2) is 0 Å². The largest absolute Gasteiger partial charge is 0.489 e. The lowest BCUT2D eigenvalue weighted by atomic mass is 10.2. The zero-order valence-electron chi connectivity index (χ0n) is 8.23. The van der Waals surface area contributed by atoms with E-state index in [2.05, 4.69) is 0 Å². The molecule has 1 aromatic rings. The topological polar surface area (TPSA) is 9.23 Å². The van der Waals surface area contributed by atoms with Gasteiger partial charge in [-0.15, -0.1) is 0 Å². The molecule has 1 aromatic carbocycles. The first kappa shape index (κ1) is 12.6. The monoisotopic (exact) mass is 330 g/mol. The summed E-state index contributed by atoms with van der Waals surface area (Å²) in [5, 5.41) is 0. The Balaban J connectivity index is 3.21. The van der Waals surface area contributed by atoms with E-state index < -0.39 is 11.7 Å². The van der Waals surface area contributed by atoms with Crippen LogP contribution in [-0.4, -0.2) is 6.10 Å². The van der Waals surface area contributed by atoms with Crippen molar-refractivity contribution in [2.24, 2.45) is 0 Å². The maximum Gasteiger partial charge on any atom is 0.420 e. The highest BCUT2D eigenvalue weighted by Gasteiger charge is 2.35. The van der Waals surface area contributed by atoms with E-state index in [0.717, 1.165) is 6.07 Å². The number of ether oxygens (including phenoxy) is 1. The molecular weight excluding hydrogens is 320 g/mol. The minimum absolute atomic E-state index is 0.0828. The third kappa shape index (κ3) is 3.25. The van der Waals surface area contributed by atoms with E-state index in [1.807, 2.05) is 22.6 Å². The van der Waals surface area contributed by atoms with Gasteiger partial charge in [-0.05, 0) is 48.6 Å². The molecule has 0 radical (unpaired) electrons. The van der Waals surface area contributed by atoms with Crippen LogP contribution in [0.25, 0.3) is 0 Å². The Morgan fingerprint density at radius 1 is 1.27 bits per heavy atom. The quantitative estimate of drug-likeness (QED) is 0.742. The minimum Gasteiger partial charge on any atom is -0.489 e. The fourth-order valence-corrected chi connectivity index (χ4v) is 1.71. The van der Waals surface area contributed by atoms with Gasteiger partial charge in [0.25, 0.3) is 0 Å². The van der Waals surface area contributed by atoms with Crippen LogP contribution in [0.2, 0.25) is 0 Å². The molecule has 0 fully saturated rings. The molecule has 1 nitrogen and oxygen atoms in total. The summed E-state index contributed by atoms with van der Waals surface area (Å²) < 4.78 is 43.4. The summed E-state index contributed by atoms with van der Waals surface area (Å²) in [7, 11) is 0. The van der Waals surface area contributed by atoms with Gasteiger partial charge in [0.05, 0.1) is 15.2 Å². The average molecular weight is 330 g/mol. The second kappa shape index (κ2) is 4.59. The molecule has 0 heterocycles. The van der Waals surface area contributed by atoms with Gasteiger partial charge >= 0.3 is 6.18 Å². The summed E-state index contributed by atoms with van der Waals surface area (Å²) in [5.41, 5.74) is -0.719. The number of halogens is 4. The first-order valence-corrected chi connectivity index (χ1v) is 5.42. The van der Waals surface area contributed by atoms with Crippen molar-refractivity contribution in [3.05, 3.63) is 27.3 Å². The van der Waals surface area contributed by atoms with Gasteiger partial charge in [0.15, 0.2) is 0 Å². The molecule has 0 saturated heterocycles. The zero-order chi connectivity index (χ0) is 11.6. The molecule has 5 heteroatoms. The number of hydrogen-bond donors (Lipinski definition) is 0. The van der Waals surface area contributed by atoms with Crippen molar-refractivity contribution in [2.45, 2.75) is 26.1 Å². The summed E-state index contributed by atoms with van der Waals surface area (Å²) in [4.78, 5) is 0. The Morgan fingerprint density at radius 3 is 2.33 bits per heavy atom. The normalized spacial score (nSPS) is 11.9. The molecule has 0 aliphatic carbocycles. The molecule has 0 spiro atoms. The highest BCUT2D eigenvalue weighted by molar-refractivity contribution is 14.1. The van der Waals surface area contributed by atoms with E-state index in [0.29, 0.717) is 3.57 Å². The van der Waals surface area contributed by atoms with E-state index in [9.17, 15) is 13.2 Å². The molecule has 0 atom stereocenters. The van der Waals surface area contributed by atoms with Gasteiger partial charge in [0.1, 0.15) is 5.75 Å².